The van der Waals surface area contributed by atoms with Gasteiger partial charge in [-0.25, -0.2) is 8.78 Å². The average molecular weight is 267 g/mol. The molecular formula is C11H10F5NO. The van der Waals surface area contributed by atoms with Crippen LogP contribution < -0.4 is 0 Å². The summed E-state index contributed by atoms with van der Waals surface area (Å²) in [6.07, 6.45) is -4.56. The average Bonchev–Trinajstić information content (AvgIpc) is 2.22. The standard InChI is InChI=1S/C11H10F5NO/c1-2-17(6-11(14,15)16)10(18)7-3-8(12)5-9(13)4-7/h3-5H,2,6H2,1H3. The first kappa shape index (κ1) is 14.4. The van der Waals surface area contributed by atoms with E-state index in [4.69, 9.17) is 0 Å². The van der Waals surface area contributed by atoms with Crippen LogP contribution >= 0.6 is 0 Å². The van der Waals surface area contributed by atoms with Gasteiger partial charge in [-0.15, -0.1) is 0 Å². The lowest BCUT2D eigenvalue weighted by Gasteiger charge is -2.22. The Bertz CT molecular complexity index is 423. The van der Waals surface area contributed by atoms with Crippen molar-refractivity contribution in [2.75, 3.05) is 13.1 Å². The minimum Gasteiger partial charge on any atom is -0.330 e. The summed E-state index contributed by atoms with van der Waals surface area (Å²) < 4.78 is 62.3. The van der Waals surface area contributed by atoms with Gasteiger partial charge < -0.3 is 4.90 Å². The van der Waals surface area contributed by atoms with Gasteiger partial charge >= 0.3 is 6.18 Å². The molecule has 0 atom stereocenters. The highest BCUT2D eigenvalue weighted by atomic mass is 19.4. The topological polar surface area (TPSA) is 20.3 Å². The van der Waals surface area contributed by atoms with Crippen LogP contribution in [-0.2, 0) is 0 Å². The summed E-state index contributed by atoms with van der Waals surface area (Å²) in [5, 5.41) is 0. The van der Waals surface area contributed by atoms with E-state index in [1.807, 2.05) is 0 Å². The lowest BCUT2D eigenvalue weighted by molar-refractivity contribution is -0.140. The molecule has 1 rings (SSSR count). The van der Waals surface area contributed by atoms with Gasteiger partial charge in [0.25, 0.3) is 5.91 Å². The van der Waals surface area contributed by atoms with Crippen molar-refractivity contribution in [2.45, 2.75) is 13.1 Å². The van der Waals surface area contributed by atoms with Gasteiger partial charge in [-0.3, -0.25) is 4.79 Å². The Morgan fingerprint density at radius 3 is 2.06 bits per heavy atom. The zero-order valence-electron chi connectivity index (χ0n) is 9.39. The maximum absolute atomic E-state index is 12.9. The quantitative estimate of drug-likeness (QED) is 0.771. The minimum atomic E-state index is -4.56. The highest BCUT2D eigenvalue weighted by molar-refractivity contribution is 5.94. The van der Waals surface area contributed by atoms with E-state index in [1.165, 1.54) is 6.92 Å². The second-order valence-electron chi connectivity index (χ2n) is 3.59. The van der Waals surface area contributed by atoms with Crippen LogP contribution in [0.15, 0.2) is 18.2 Å². The maximum Gasteiger partial charge on any atom is 0.406 e. The smallest absolute Gasteiger partial charge is 0.330 e. The highest BCUT2D eigenvalue weighted by Crippen LogP contribution is 2.18. The van der Waals surface area contributed by atoms with Gasteiger partial charge in [-0.2, -0.15) is 13.2 Å². The Balaban J connectivity index is 2.96. The number of alkyl halides is 3. The number of hydrogen-bond donors (Lipinski definition) is 0. The van der Waals surface area contributed by atoms with E-state index in [2.05, 4.69) is 0 Å². The van der Waals surface area contributed by atoms with Gasteiger partial charge in [-0.05, 0) is 19.1 Å². The van der Waals surface area contributed by atoms with Crippen molar-refractivity contribution in [2.24, 2.45) is 0 Å². The fraction of sp³-hybridized carbons (Fsp3) is 0.364. The summed E-state index contributed by atoms with van der Waals surface area (Å²) in [6.45, 7) is -0.323. The van der Waals surface area contributed by atoms with Crippen LogP contribution in [0.2, 0.25) is 0 Å². The van der Waals surface area contributed by atoms with E-state index in [0.29, 0.717) is 23.1 Å². The third-order valence-corrected chi connectivity index (χ3v) is 2.15. The number of amides is 1. The Labute approximate surface area is 100 Å². The molecule has 2 nitrogen and oxygen atoms in total. The van der Waals surface area contributed by atoms with Crippen LogP contribution in [-0.4, -0.2) is 30.1 Å². The summed E-state index contributed by atoms with van der Waals surface area (Å²) in [5.74, 6) is -3.09. The second kappa shape index (κ2) is 5.32. The molecule has 18 heavy (non-hydrogen) atoms. The molecule has 0 aliphatic rings. The van der Waals surface area contributed by atoms with Crippen molar-refractivity contribution in [3.8, 4) is 0 Å². The first-order valence-electron chi connectivity index (χ1n) is 5.05. The third-order valence-electron chi connectivity index (χ3n) is 2.15. The van der Waals surface area contributed by atoms with Gasteiger partial charge in [0.1, 0.15) is 18.2 Å². The van der Waals surface area contributed by atoms with Crippen molar-refractivity contribution in [1.82, 2.24) is 4.90 Å². The predicted octanol–water partition coefficient (Wildman–Crippen LogP) is 2.99. The molecule has 0 unspecified atom stereocenters. The molecule has 0 spiro atoms. The summed E-state index contributed by atoms with van der Waals surface area (Å²) in [6, 6.07) is 1.94. The number of carbonyl (C=O) groups excluding carboxylic acids is 1. The molecule has 1 aromatic rings. The molecule has 0 fully saturated rings. The lowest BCUT2D eigenvalue weighted by atomic mass is 10.2. The second-order valence-corrected chi connectivity index (χ2v) is 3.59. The number of carbonyl (C=O) groups is 1. The Kier molecular flexibility index (Phi) is 4.26. The molecular weight excluding hydrogens is 257 g/mol. The van der Waals surface area contributed by atoms with Crippen LogP contribution in [0.5, 0.6) is 0 Å². The molecule has 0 aliphatic carbocycles. The van der Waals surface area contributed by atoms with E-state index in [0.717, 1.165) is 0 Å². The first-order chi connectivity index (χ1) is 8.23. The molecule has 0 bridgehead atoms. The number of benzene rings is 1. The largest absolute Gasteiger partial charge is 0.406 e. The van der Waals surface area contributed by atoms with Crippen molar-refractivity contribution in [1.29, 1.82) is 0 Å². The van der Waals surface area contributed by atoms with Gasteiger partial charge in [0.05, 0.1) is 0 Å². The molecule has 0 N–H and O–H groups in total. The zero-order chi connectivity index (χ0) is 13.9. The normalized spacial score (nSPS) is 11.4. The van der Waals surface area contributed by atoms with E-state index >= 15 is 0 Å². The molecule has 100 valence electrons. The Morgan fingerprint density at radius 1 is 1.17 bits per heavy atom. The van der Waals surface area contributed by atoms with Crippen LogP contribution in [0.4, 0.5) is 22.0 Å². The van der Waals surface area contributed by atoms with Gasteiger partial charge in [0, 0.05) is 18.2 Å². The fourth-order valence-electron chi connectivity index (χ4n) is 1.40. The summed E-state index contributed by atoms with van der Waals surface area (Å²) in [7, 11) is 0. The predicted molar refractivity (Wildman–Crippen MR) is 54.0 cm³/mol. The van der Waals surface area contributed by atoms with Crippen LogP contribution in [0.3, 0.4) is 0 Å². The molecule has 0 radical (unpaired) electrons. The van der Waals surface area contributed by atoms with Crippen LogP contribution in [0.25, 0.3) is 0 Å². The van der Waals surface area contributed by atoms with E-state index in [9.17, 15) is 26.7 Å². The van der Waals surface area contributed by atoms with Crippen molar-refractivity contribution in [3.05, 3.63) is 35.4 Å². The number of nitrogens with zero attached hydrogens (tertiary/aromatic N) is 1. The molecule has 0 aromatic heterocycles. The van der Waals surface area contributed by atoms with E-state index in [1.54, 1.807) is 0 Å². The van der Waals surface area contributed by atoms with E-state index < -0.39 is 35.8 Å². The SMILES string of the molecule is CCN(CC(F)(F)F)C(=O)c1cc(F)cc(F)c1. The fourth-order valence-corrected chi connectivity index (χ4v) is 1.40. The maximum atomic E-state index is 12.9. The number of rotatable bonds is 3. The van der Waals surface area contributed by atoms with Crippen molar-refractivity contribution < 1.29 is 26.7 Å². The molecule has 0 heterocycles. The highest BCUT2D eigenvalue weighted by Gasteiger charge is 2.32. The molecule has 7 heteroatoms. The van der Waals surface area contributed by atoms with Gasteiger partial charge in [0.2, 0.25) is 0 Å². The monoisotopic (exact) mass is 267 g/mol. The van der Waals surface area contributed by atoms with Gasteiger partial charge in [-0.1, -0.05) is 0 Å². The van der Waals surface area contributed by atoms with Crippen molar-refractivity contribution >= 4 is 5.91 Å². The summed E-state index contributed by atoms with van der Waals surface area (Å²) in [5.41, 5.74) is -0.446. The summed E-state index contributed by atoms with van der Waals surface area (Å²) >= 11 is 0. The van der Waals surface area contributed by atoms with Crippen LogP contribution in [0, 0.1) is 11.6 Å². The third kappa shape index (κ3) is 3.97. The lowest BCUT2D eigenvalue weighted by Crippen LogP contribution is -2.38. The molecule has 0 saturated heterocycles. The minimum absolute atomic E-state index is 0.212. The molecule has 1 amide bonds. The Hall–Kier alpha value is -1.66. The number of halogens is 5. The Morgan fingerprint density at radius 2 is 1.67 bits per heavy atom. The first-order valence-corrected chi connectivity index (χ1v) is 5.05. The van der Waals surface area contributed by atoms with Crippen LogP contribution in [0.1, 0.15) is 17.3 Å². The van der Waals surface area contributed by atoms with E-state index in [-0.39, 0.29) is 6.54 Å². The van der Waals surface area contributed by atoms with Crippen molar-refractivity contribution in [3.63, 3.8) is 0 Å². The number of hydrogen-bond acceptors (Lipinski definition) is 1. The molecule has 0 saturated carbocycles. The zero-order valence-corrected chi connectivity index (χ0v) is 9.39. The molecule has 0 aliphatic heterocycles. The molecule has 1 aromatic carbocycles. The summed E-state index contributed by atoms with van der Waals surface area (Å²) in [4.78, 5) is 12.1. The van der Waals surface area contributed by atoms with Gasteiger partial charge in [0.15, 0.2) is 0 Å².